The highest BCUT2D eigenvalue weighted by Gasteiger charge is 2.31. The van der Waals surface area contributed by atoms with Gasteiger partial charge in [0, 0.05) is 18.8 Å². The van der Waals surface area contributed by atoms with Crippen molar-refractivity contribution < 1.29 is 28.5 Å². The lowest BCUT2D eigenvalue weighted by Gasteiger charge is -2.26. The maximum Gasteiger partial charge on any atom is 0.340 e. The van der Waals surface area contributed by atoms with E-state index in [1.807, 2.05) is 18.2 Å². The van der Waals surface area contributed by atoms with Crippen LogP contribution in [0.5, 0.6) is 17.4 Å². The van der Waals surface area contributed by atoms with Gasteiger partial charge >= 0.3 is 5.97 Å². The van der Waals surface area contributed by atoms with Crippen LogP contribution in [-0.2, 0) is 9.53 Å². The van der Waals surface area contributed by atoms with Crippen molar-refractivity contribution >= 4 is 11.9 Å². The zero-order valence-corrected chi connectivity index (χ0v) is 16.1. The summed E-state index contributed by atoms with van der Waals surface area (Å²) in [6.45, 7) is 1.36. The highest BCUT2D eigenvalue weighted by atomic mass is 16.6. The average Bonchev–Trinajstić information content (AvgIpc) is 3.27. The Hall–Kier alpha value is -3.29. The van der Waals surface area contributed by atoms with Crippen LogP contribution < -0.4 is 14.2 Å². The molecule has 2 aliphatic rings. The molecule has 1 aromatic carbocycles. The molecule has 0 saturated carbocycles. The second-order valence-electron chi connectivity index (χ2n) is 6.81. The molecular weight excluding hydrogens is 376 g/mol. The number of ether oxygens (including phenoxy) is 4. The highest BCUT2D eigenvalue weighted by Crippen LogP contribution is 2.38. The monoisotopic (exact) mass is 398 g/mol. The molecule has 1 atom stereocenters. The number of hydrogen-bond acceptors (Lipinski definition) is 7. The second-order valence-corrected chi connectivity index (χ2v) is 6.81. The van der Waals surface area contributed by atoms with E-state index < -0.39 is 5.97 Å². The lowest BCUT2D eigenvalue weighted by Crippen LogP contribution is -2.34. The first-order valence-corrected chi connectivity index (χ1v) is 9.52. The average molecular weight is 398 g/mol. The minimum atomic E-state index is -0.594. The van der Waals surface area contributed by atoms with Gasteiger partial charge in [0.15, 0.2) is 18.1 Å². The summed E-state index contributed by atoms with van der Waals surface area (Å²) in [6, 6.07) is 8.81. The van der Waals surface area contributed by atoms with Gasteiger partial charge in [-0.3, -0.25) is 4.79 Å². The third kappa shape index (κ3) is 4.11. The summed E-state index contributed by atoms with van der Waals surface area (Å²) in [5, 5.41) is 0. The fourth-order valence-electron chi connectivity index (χ4n) is 3.59. The quantitative estimate of drug-likeness (QED) is 0.715. The summed E-state index contributed by atoms with van der Waals surface area (Å²) in [6.07, 6.45) is 3.10. The van der Waals surface area contributed by atoms with Crippen LogP contribution in [0.2, 0.25) is 0 Å². The summed E-state index contributed by atoms with van der Waals surface area (Å²) >= 11 is 0. The molecule has 8 heteroatoms. The van der Waals surface area contributed by atoms with Gasteiger partial charge in [-0.1, -0.05) is 6.07 Å². The Labute approximate surface area is 168 Å². The Bertz CT molecular complexity index is 899. The topological polar surface area (TPSA) is 87.2 Å². The first-order chi connectivity index (χ1) is 14.2. The van der Waals surface area contributed by atoms with E-state index in [4.69, 9.17) is 18.9 Å². The van der Waals surface area contributed by atoms with Crippen molar-refractivity contribution in [2.24, 2.45) is 0 Å². The Morgan fingerprint density at radius 3 is 2.76 bits per heavy atom. The van der Waals surface area contributed by atoms with E-state index in [-0.39, 0.29) is 24.1 Å². The fraction of sp³-hybridized carbons (Fsp3) is 0.381. The molecule has 152 valence electrons. The minimum absolute atomic E-state index is 0.0697. The van der Waals surface area contributed by atoms with Crippen LogP contribution in [0.1, 0.15) is 34.8 Å². The standard InChI is InChI=1S/C21H22N2O6/c1-26-19-7-5-15(12-22-19)21(25)29-13-20(24)23-8-2-3-16(23)14-4-6-17-18(11-14)28-10-9-27-17/h4-7,11-12,16H,2-3,8-10,13H2,1H3. The van der Waals surface area contributed by atoms with Crippen LogP contribution in [0.25, 0.3) is 0 Å². The molecule has 0 N–H and O–H groups in total. The molecule has 1 saturated heterocycles. The molecule has 0 aliphatic carbocycles. The molecule has 1 aromatic heterocycles. The maximum atomic E-state index is 12.7. The number of benzene rings is 1. The van der Waals surface area contributed by atoms with E-state index in [0.29, 0.717) is 31.4 Å². The molecule has 1 unspecified atom stereocenters. The van der Waals surface area contributed by atoms with E-state index in [1.54, 1.807) is 17.0 Å². The number of likely N-dealkylation sites (tertiary alicyclic amines) is 1. The first-order valence-electron chi connectivity index (χ1n) is 9.52. The molecule has 0 bridgehead atoms. The Morgan fingerprint density at radius 2 is 2.00 bits per heavy atom. The van der Waals surface area contributed by atoms with Crippen molar-refractivity contribution in [1.29, 1.82) is 0 Å². The summed E-state index contributed by atoms with van der Waals surface area (Å²) in [5.41, 5.74) is 1.26. The van der Waals surface area contributed by atoms with E-state index in [0.717, 1.165) is 24.2 Å². The number of fused-ring (bicyclic) bond motifs is 1. The SMILES string of the molecule is COc1ccc(C(=O)OCC(=O)N2CCCC2c2ccc3c(c2)OCCO3)cn1. The molecule has 1 fully saturated rings. The number of carbonyl (C=O) groups is 2. The van der Waals surface area contributed by atoms with Gasteiger partial charge in [-0.15, -0.1) is 0 Å². The number of hydrogen-bond donors (Lipinski definition) is 0. The first kappa shape index (κ1) is 19.0. The molecule has 4 rings (SSSR count). The van der Waals surface area contributed by atoms with Gasteiger partial charge in [-0.25, -0.2) is 9.78 Å². The molecule has 8 nitrogen and oxygen atoms in total. The Balaban J connectivity index is 1.39. The minimum Gasteiger partial charge on any atom is -0.486 e. The van der Waals surface area contributed by atoms with Crippen LogP contribution in [-0.4, -0.2) is 55.2 Å². The lowest BCUT2D eigenvalue weighted by molar-refractivity contribution is -0.135. The van der Waals surface area contributed by atoms with Crippen molar-refractivity contribution in [2.45, 2.75) is 18.9 Å². The van der Waals surface area contributed by atoms with Crippen LogP contribution in [0.3, 0.4) is 0 Å². The van der Waals surface area contributed by atoms with Crippen molar-refractivity contribution in [2.75, 3.05) is 33.5 Å². The number of nitrogens with zero attached hydrogens (tertiary/aromatic N) is 2. The maximum absolute atomic E-state index is 12.7. The van der Waals surface area contributed by atoms with E-state index in [9.17, 15) is 9.59 Å². The number of carbonyl (C=O) groups excluding carboxylic acids is 2. The number of aromatic nitrogens is 1. The number of pyridine rings is 1. The van der Waals surface area contributed by atoms with Gasteiger partial charge in [0.1, 0.15) is 13.2 Å². The number of esters is 1. The molecule has 3 heterocycles. The summed E-state index contributed by atoms with van der Waals surface area (Å²) in [4.78, 5) is 30.6. The van der Waals surface area contributed by atoms with E-state index >= 15 is 0 Å². The van der Waals surface area contributed by atoms with E-state index in [2.05, 4.69) is 4.98 Å². The third-order valence-electron chi connectivity index (χ3n) is 5.03. The van der Waals surface area contributed by atoms with Crippen LogP contribution in [0, 0.1) is 0 Å². The molecule has 2 aliphatic heterocycles. The fourth-order valence-corrected chi connectivity index (χ4v) is 3.59. The second kappa shape index (κ2) is 8.38. The van der Waals surface area contributed by atoms with Gasteiger partial charge in [-0.2, -0.15) is 0 Å². The predicted octanol–water partition coefficient (Wildman–Crippen LogP) is 2.38. The van der Waals surface area contributed by atoms with Gasteiger partial charge < -0.3 is 23.8 Å². The Kier molecular flexibility index (Phi) is 5.50. The molecule has 2 aromatic rings. The normalized spacial score (nSPS) is 17.7. The zero-order chi connectivity index (χ0) is 20.2. The molecular formula is C21H22N2O6. The summed E-state index contributed by atoms with van der Waals surface area (Å²) < 4.78 is 21.4. The van der Waals surface area contributed by atoms with Gasteiger partial charge in [0.2, 0.25) is 5.88 Å². The molecule has 0 spiro atoms. The van der Waals surface area contributed by atoms with Crippen LogP contribution >= 0.6 is 0 Å². The number of methoxy groups -OCH3 is 1. The van der Waals surface area contributed by atoms with Crippen LogP contribution in [0.4, 0.5) is 0 Å². The zero-order valence-electron chi connectivity index (χ0n) is 16.1. The van der Waals surface area contributed by atoms with Crippen molar-refractivity contribution in [3.05, 3.63) is 47.7 Å². The summed E-state index contributed by atoms with van der Waals surface area (Å²) in [5.74, 6) is 1.00. The largest absolute Gasteiger partial charge is 0.486 e. The predicted molar refractivity (Wildman–Crippen MR) is 102 cm³/mol. The smallest absolute Gasteiger partial charge is 0.340 e. The van der Waals surface area contributed by atoms with Gasteiger partial charge in [0.25, 0.3) is 5.91 Å². The Morgan fingerprint density at radius 1 is 1.17 bits per heavy atom. The third-order valence-corrected chi connectivity index (χ3v) is 5.03. The lowest BCUT2D eigenvalue weighted by atomic mass is 10.0. The number of rotatable bonds is 5. The van der Waals surface area contributed by atoms with E-state index in [1.165, 1.54) is 13.3 Å². The molecule has 0 radical (unpaired) electrons. The van der Waals surface area contributed by atoms with Crippen molar-refractivity contribution in [3.8, 4) is 17.4 Å². The summed E-state index contributed by atoms with van der Waals surface area (Å²) in [7, 11) is 1.49. The van der Waals surface area contributed by atoms with Gasteiger partial charge in [0.05, 0.1) is 18.7 Å². The highest BCUT2D eigenvalue weighted by molar-refractivity contribution is 5.91. The van der Waals surface area contributed by atoms with Crippen molar-refractivity contribution in [1.82, 2.24) is 9.88 Å². The van der Waals surface area contributed by atoms with Crippen molar-refractivity contribution in [3.63, 3.8) is 0 Å². The molecule has 1 amide bonds. The number of amides is 1. The van der Waals surface area contributed by atoms with Crippen LogP contribution in [0.15, 0.2) is 36.5 Å². The molecule has 29 heavy (non-hydrogen) atoms. The van der Waals surface area contributed by atoms with Gasteiger partial charge in [-0.05, 0) is 36.6 Å².